The van der Waals surface area contributed by atoms with E-state index in [4.69, 9.17) is 0 Å². The van der Waals surface area contributed by atoms with Crippen LogP contribution in [0.3, 0.4) is 0 Å². The van der Waals surface area contributed by atoms with Crippen molar-refractivity contribution in [3.63, 3.8) is 0 Å². The van der Waals surface area contributed by atoms with Crippen molar-refractivity contribution in [1.29, 1.82) is 0 Å². The Balaban J connectivity index is 1.87. The minimum atomic E-state index is 0.0291. The fraction of sp³-hybridized carbons (Fsp3) is 0.647. The summed E-state index contributed by atoms with van der Waals surface area (Å²) in [5.74, 6) is 0.292. The molecular weight excluding hydrogens is 296 g/mol. The second-order valence-electron chi connectivity index (χ2n) is 6.27. The van der Waals surface area contributed by atoms with Gasteiger partial charge < -0.3 is 10.2 Å². The highest BCUT2D eigenvalue weighted by atomic mass is 32.1. The Morgan fingerprint density at radius 2 is 2.00 bits per heavy atom. The first-order valence-corrected chi connectivity index (χ1v) is 8.93. The number of carbonyl (C=O) groups excluding carboxylic acids is 2. The van der Waals surface area contributed by atoms with E-state index >= 15 is 0 Å². The number of nitrogens with one attached hydrogen (secondary N) is 1. The largest absolute Gasteiger partial charge is 0.348 e. The van der Waals surface area contributed by atoms with Crippen LogP contribution in [0.4, 0.5) is 0 Å². The van der Waals surface area contributed by atoms with Crippen molar-refractivity contribution in [2.45, 2.75) is 53.0 Å². The molecule has 1 N–H and O–H groups in total. The van der Waals surface area contributed by atoms with Gasteiger partial charge in [-0.25, -0.2) is 0 Å². The Kier molecular flexibility index (Phi) is 5.62. The molecule has 0 unspecified atom stereocenters. The monoisotopic (exact) mass is 322 g/mol. The van der Waals surface area contributed by atoms with Crippen molar-refractivity contribution in [2.75, 3.05) is 13.1 Å². The van der Waals surface area contributed by atoms with Gasteiger partial charge in [0.15, 0.2) is 0 Å². The summed E-state index contributed by atoms with van der Waals surface area (Å²) >= 11 is 1.57. The molecule has 2 rings (SSSR count). The number of likely N-dealkylation sites (tertiary alicyclic amines) is 1. The number of carbonyl (C=O) groups is 2. The summed E-state index contributed by atoms with van der Waals surface area (Å²) in [6.45, 7) is 9.52. The number of thiophene rings is 1. The Morgan fingerprint density at radius 3 is 2.50 bits per heavy atom. The molecule has 22 heavy (non-hydrogen) atoms. The summed E-state index contributed by atoms with van der Waals surface area (Å²) in [7, 11) is 0. The van der Waals surface area contributed by atoms with E-state index in [1.54, 1.807) is 11.3 Å². The van der Waals surface area contributed by atoms with Gasteiger partial charge in [-0.05, 0) is 37.8 Å². The second kappa shape index (κ2) is 7.27. The van der Waals surface area contributed by atoms with Gasteiger partial charge in [-0.2, -0.15) is 0 Å². The number of hydrogen-bond acceptors (Lipinski definition) is 3. The standard InChI is InChI=1S/C17H26N2O2S/c1-5-13-10-15(22-12(13)4)16(20)18-14-6-8-19(9-7-14)17(21)11(2)3/h10-11,14H,5-9H2,1-4H3,(H,18,20). The molecule has 1 aromatic heterocycles. The molecular formula is C17H26N2O2S. The molecule has 0 spiro atoms. The number of amides is 2. The van der Waals surface area contributed by atoms with Crippen molar-refractivity contribution in [3.8, 4) is 0 Å². The molecule has 0 saturated carbocycles. The summed E-state index contributed by atoms with van der Waals surface area (Å²) in [5, 5.41) is 3.12. The summed E-state index contributed by atoms with van der Waals surface area (Å²) < 4.78 is 0. The Labute approximate surface area is 136 Å². The molecule has 0 bridgehead atoms. The van der Waals surface area contributed by atoms with Crippen molar-refractivity contribution in [2.24, 2.45) is 5.92 Å². The predicted molar refractivity (Wildman–Crippen MR) is 90.3 cm³/mol. The van der Waals surface area contributed by atoms with Gasteiger partial charge in [-0.3, -0.25) is 9.59 Å². The van der Waals surface area contributed by atoms with E-state index in [9.17, 15) is 9.59 Å². The van der Waals surface area contributed by atoms with Gasteiger partial charge in [0.2, 0.25) is 5.91 Å². The normalized spacial score (nSPS) is 16.1. The highest BCUT2D eigenvalue weighted by Crippen LogP contribution is 2.22. The van der Waals surface area contributed by atoms with E-state index in [0.29, 0.717) is 0 Å². The number of aryl methyl sites for hydroxylation is 2. The average molecular weight is 322 g/mol. The highest BCUT2D eigenvalue weighted by Gasteiger charge is 2.25. The molecule has 0 aromatic carbocycles. The third-order valence-corrected chi connectivity index (χ3v) is 5.35. The molecule has 1 fully saturated rings. The van der Waals surface area contributed by atoms with Gasteiger partial charge >= 0.3 is 0 Å². The highest BCUT2D eigenvalue weighted by molar-refractivity contribution is 7.14. The first-order valence-electron chi connectivity index (χ1n) is 8.11. The summed E-state index contributed by atoms with van der Waals surface area (Å²) in [5.41, 5.74) is 1.26. The van der Waals surface area contributed by atoms with Crippen LogP contribution in [-0.4, -0.2) is 35.8 Å². The van der Waals surface area contributed by atoms with E-state index < -0.39 is 0 Å². The van der Waals surface area contributed by atoms with E-state index in [1.165, 1.54) is 10.4 Å². The second-order valence-corrected chi connectivity index (χ2v) is 7.53. The zero-order valence-corrected chi connectivity index (χ0v) is 14.8. The molecule has 2 amide bonds. The maximum absolute atomic E-state index is 12.3. The molecule has 1 aliphatic rings. The first-order chi connectivity index (χ1) is 10.4. The van der Waals surface area contributed by atoms with E-state index in [1.807, 2.05) is 24.8 Å². The Hall–Kier alpha value is -1.36. The van der Waals surface area contributed by atoms with Crippen molar-refractivity contribution in [3.05, 3.63) is 21.4 Å². The number of rotatable bonds is 4. The maximum atomic E-state index is 12.3. The summed E-state index contributed by atoms with van der Waals surface area (Å²) in [6.07, 6.45) is 2.65. The third kappa shape index (κ3) is 3.88. The minimum Gasteiger partial charge on any atom is -0.348 e. The Morgan fingerprint density at radius 1 is 1.36 bits per heavy atom. The SMILES string of the molecule is CCc1cc(C(=O)NC2CCN(C(=O)C(C)C)CC2)sc1C. The fourth-order valence-electron chi connectivity index (χ4n) is 2.85. The molecule has 2 heterocycles. The number of piperidine rings is 1. The third-order valence-electron chi connectivity index (χ3n) is 4.26. The maximum Gasteiger partial charge on any atom is 0.261 e. The zero-order chi connectivity index (χ0) is 16.3. The molecule has 0 radical (unpaired) electrons. The van der Waals surface area contributed by atoms with Crippen LogP contribution in [-0.2, 0) is 11.2 Å². The van der Waals surface area contributed by atoms with E-state index in [0.717, 1.165) is 37.2 Å². The van der Waals surface area contributed by atoms with Crippen molar-refractivity contribution < 1.29 is 9.59 Å². The van der Waals surface area contributed by atoms with Crippen LogP contribution in [0.5, 0.6) is 0 Å². The summed E-state index contributed by atoms with van der Waals surface area (Å²) in [4.78, 5) is 28.2. The lowest BCUT2D eigenvalue weighted by Gasteiger charge is -2.33. The van der Waals surface area contributed by atoms with Gasteiger partial charge in [-0.15, -0.1) is 11.3 Å². The number of hydrogen-bond donors (Lipinski definition) is 1. The number of nitrogens with zero attached hydrogens (tertiary/aromatic N) is 1. The quantitative estimate of drug-likeness (QED) is 0.926. The summed E-state index contributed by atoms with van der Waals surface area (Å²) in [6, 6.07) is 2.18. The first kappa shape index (κ1) is 17.0. The van der Waals surface area contributed by atoms with Crippen LogP contribution in [0.1, 0.15) is 53.7 Å². The van der Waals surface area contributed by atoms with E-state index in [2.05, 4.69) is 19.2 Å². The lowest BCUT2D eigenvalue weighted by molar-refractivity contribution is -0.135. The minimum absolute atomic E-state index is 0.0291. The van der Waals surface area contributed by atoms with Crippen LogP contribution >= 0.6 is 11.3 Å². The van der Waals surface area contributed by atoms with Crippen LogP contribution in [0.15, 0.2) is 6.07 Å². The lowest BCUT2D eigenvalue weighted by atomic mass is 10.0. The smallest absolute Gasteiger partial charge is 0.261 e. The van der Waals surface area contributed by atoms with Crippen LogP contribution in [0.25, 0.3) is 0 Å². The fourth-order valence-corrected chi connectivity index (χ4v) is 3.87. The molecule has 1 aliphatic heterocycles. The van der Waals surface area contributed by atoms with Crippen LogP contribution in [0, 0.1) is 12.8 Å². The van der Waals surface area contributed by atoms with Gasteiger partial charge in [-0.1, -0.05) is 20.8 Å². The van der Waals surface area contributed by atoms with Crippen LogP contribution in [0.2, 0.25) is 0 Å². The predicted octanol–water partition coefficient (Wildman–Crippen LogP) is 3.00. The van der Waals surface area contributed by atoms with Gasteiger partial charge in [0, 0.05) is 29.9 Å². The molecule has 0 atom stereocenters. The van der Waals surface area contributed by atoms with Gasteiger partial charge in [0.1, 0.15) is 0 Å². The molecule has 1 saturated heterocycles. The van der Waals surface area contributed by atoms with E-state index in [-0.39, 0.29) is 23.8 Å². The van der Waals surface area contributed by atoms with Crippen LogP contribution < -0.4 is 5.32 Å². The lowest BCUT2D eigenvalue weighted by Crippen LogP contribution is -2.47. The average Bonchev–Trinajstić information content (AvgIpc) is 2.88. The topological polar surface area (TPSA) is 49.4 Å². The zero-order valence-electron chi connectivity index (χ0n) is 13.9. The van der Waals surface area contributed by atoms with Gasteiger partial charge in [0.05, 0.1) is 4.88 Å². The van der Waals surface area contributed by atoms with Crippen molar-refractivity contribution in [1.82, 2.24) is 10.2 Å². The molecule has 122 valence electrons. The molecule has 4 nitrogen and oxygen atoms in total. The van der Waals surface area contributed by atoms with Gasteiger partial charge in [0.25, 0.3) is 5.91 Å². The molecule has 1 aromatic rings. The molecule has 0 aliphatic carbocycles. The Bertz CT molecular complexity index is 543. The van der Waals surface area contributed by atoms with Crippen molar-refractivity contribution >= 4 is 23.2 Å². The molecule has 5 heteroatoms.